The zero-order chi connectivity index (χ0) is 12.2. The molecule has 0 unspecified atom stereocenters. The molecule has 0 atom stereocenters. The fraction of sp³-hybridized carbons (Fsp3) is 0.231. The third kappa shape index (κ3) is 1.30. The van der Waals surface area contributed by atoms with Crippen LogP contribution in [0.4, 0.5) is 0 Å². The molecule has 17 heavy (non-hydrogen) atoms. The highest BCUT2D eigenvalue weighted by Crippen LogP contribution is 2.34. The first-order valence-corrected chi connectivity index (χ1v) is 5.48. The van der Waals surface area contributed by atoms with Crippen molar-refractivity contribution in [2.45, 2.75) is 6.92 Å². The van der Waals surface area contributed by atoms with E-state index >= 15 is 0 Å². The monoisotopic (exact) mass is 229 g/mol. The van der Waals surface area contributed by atoms with Gasteiger partial charge in [-0.25, -0.2) is 0 Å². The van der Waals surface area contributed by atoms with Gasteiger partial charge in [0.15, 0.2) is 5.78 Å². The number of carbonyl (C=O) groups is 2. The lowest BCUT2D eigenvalue weighted by atomic mass is 9.87. The molecule has 3 rings (SSSR count). The van der Waals surface area contributed by atoms with E-state index in [0.717, 1.165) is 13.1 Å². The minimum atomic E-state index is -0.243. The molecule has 4 nitrogen and oxygen atoms in total. The van der Waals surface area contributed by atoms with Crippen molar-refractivity contribution in [1.29, 1.82) is 0 Å². The largest absolute Gasteiger partial charge is 0.507 e. The Labute approximate surface area is 98.2 Å². The lowest BCUT2D eigenvalue weighted by molar-refractivity contribution is 0.0958. The number of phenolic OH excluding ortho intramolecular Hbond substituents is 1. The molecule has 86 valence electrons. The van der Waals surface area contributed by atoms with Gasteiger partial charge in [-0.3, -0.25) is 9.59 Å². The molecule has 0 radical (unpaired) electrons. The van der Waals surface area contributed by atoms with Crippen LogP contribution in [0, 0.1) is 0 Å². The van der Waals surface area contributed by atoms with E-state index in [4.69, 9.17) is 0 Å². The van der Waals surface area contributed by atoms with Crippen LogP contribution in [0.15, 0.2) is 29.5 Å². The zero-order valence-corrected chi connectivity index (χ0v) is 9.36. The van der Waals surface area contributed by atoms with Gasteiger partial charge in [-0.15, -0.1) is 0 Å². The second kappa shape index (κ2) is 3.20. The molecule has 2 aliphatic rings. The van der Waals surface area contributed by atoms with E-state index in [1.165, 1.54) is 6.07 Å². The number of allylic oxidation sites excluding steroid dienone is 2. The average molecular weight is 229 g/mol. The summed E-state index contributed by atoms with van der Waals surface area (Å²) in [4.78, 5) is 26.2. The predicted molar refractivity (Wildman–Crippen MR) is 61.0 cm³/mol. The molecule has 1 aliphatic carbocycles. The summed E-state index contributed by atoms with van der Waals surface area (Å²) in [7, 11) is 0. The highest BCUT2D eigenvalue weighted by molar-refractivity contribution is 6.27. The summed E-state index contributed by atoms with van der Waals surface area (Å²) in [6.45, 7) is 3.27. The summed E-state index contributed by atoms with van der Waals surface area (Å²) >= 11 is 0. The normalized spacial score (nSPS) is 18.5. The van der Waals surface area contributed by atoms with E-state index < -0.39 is 0 Å². The number of aromatic hydroxyl groups is 1. The maximum absolute atomic E-state index is 12.3. The summed E-state index contributed by atoms with van der Waals surface area (Å²) in [5.41, 5.74) is 1.37. The van der Waals surface area contributed by atoms with Gasteiger partial charge in [0.1, 0.15) is 5.75 Å². The minimum absolute atomic E-state index is 0.118. The molecular formula is C13H11NO3. The van der Waals surface area contributed by atoms with Crippen LogP contribution in [-0.2, 0) is 0 Å². The first-order valence-electron chi connectivity index (χ1n) is 5.48. The summed E-state index contributed by atoms with van der Waals surface area (Å²) in [5.74, 6) is -0.530. The Morgan fingerprint density at radius 3 is 2.53 bits per heavy atom. The summed E-state index contributed by atoms with van der Waals surface area (Å²) in [6.07, 6.45) is 0. The van der Waals surface area contributed by atoms with E-state index in [1.807, 2.05) is 4.90 Å². The van der Waals surface area contributed by atoms with Crippen LogP contribution in [0.5, 0.6) is 5.75 Å². The van der Waals surface area contributed by atoms with Gasteiger partial charge in [-0.2, -0.15) is 0 Å². The maximum atomic E-state index is 12.3. The fourth-order valence-electron chi connectivity index (χ4n) is 2.22. The molecule has 1 heterocycles. The van der Waals surface area contributed by atoms with Crippen LogP contribution in [0.25, 0.3) is 0 Å². The van der Waals surface area contributed by atoms with E-state index in [0.29, 0.717) is 16.8 Å². The van der Waals surface area contributed by atoms with E-state index in [2.05, 4.69) is 0 Å². The molecule has 0 bridgehead atoms. The van der Waals surface area contributed by atoms with Crippen LogP contribution in [0.2, 0.25) is 0 Å². The van der Waals surface area contributed by atoms with Gasteiger partial charge in [-0.05, 0) is 13.0 Å². The van der Waals surface area contributed by atoms with Crippen molar-refractivity contribution in [3.63, 3.8) is 0 Å². The zero-order valence-electron chi connectivity index (χ0n) is 9.36. The number of ketones is 2. The van der Waals surface area contributed by atoms with Crippen LogP contribution in [0.1, 0.15) is 27.6 Å². The Hall–Kier alpha value is -2.10. The molecule has 1 saturated heterocycles. The molecule has 1 N–H and O–H groups in total. The fourth-order valence-corrected chi connectivity index (χ4v) is 2.22. The summed E-state index contributed by atoms with van der Waals surface area (Å²) in [6, 6.07) is 4.59. The number of hydrogen-bond donors (Lipinski definition) is 1. The summed E-state index contributed by atoms with van der Waals surface area (Å²) in [5, 5.41) is 9.74. The number of benzene rings is 1. The smallest absolute Gasteiger partial charge is 0.213 e. The van der Waals surface area contributed by atoms with Crippen LogP contribution < -0.4 is 0 Å². The summed E-state index contributed by atoms with van der Waals surface area (Å²) < 4.78 is 0. The minimum Gasteiger partial charge on any atom is -0.507 e. The molecular weight excluding hydrogens is 218 g/mol. The predicted octanol–water partition coefficient (Wildman–Crippen LogP) is 1.36. The second-order valence-corrected chi connectivity index (χ2v) is 4.32. The Morgan fingerprint density at radius 1 is 1.18 bits per heavy atom. The van der Waals surface area contributed by atoms with Crippen molar-refractivity contribution >= 4 is 11.6 Å². The highest BCUT2D eigenvalue weighted by Gasteiger charge is 2.37. The van der Waals surface area contributed by atoms with Crippen molar-refractivity contribution in [3.8, 4) is 5.75 Å². The molecule has 1 aromatic carbocycles. The van der Waals surface area contributed by atoms with Crippen molar-refractivity contribution in [3.05, 3.63) is 40.6 Å². The molecule has 1 fully saturated rings. The number of fused-ring (bicyclic) bond motifs is 1. The lowest BCUT2D eigenvalue weighted by Gasteiger charge is -2.20. The van der Waals surface area contributed by atoms with Gasteiger partial charge in [-0.1, -0.05) is 12.1 Å². The molecule has 0 aromatic heterocycles. The van der Waals surface area contributed by atoms with E-state index in [-0.39, 0.29) is 22.9 Å². The molecule has 0 spiro atoms. The number of hydrogen-bond acceptors (Lipinski definition) is 4. The molecule has 0 amide bonds. The Bertz CT molecular complexity index is 582. The third-order valence-electron chi connectivity index (χ3n) is 3.19. The third-order valence-corrected chi connectivity index (χ3v) is 3.19. The quantitative estimate of drug-likeness (QED) is 0.739. The number of Topliss-reactive ketones (excluding diaryl/α,β-unsaturated/α-hetero) is 2. The lowest BCUT2D eigenvalue weighted by Crippen LogP contribution is -2.24. The van der Waals surface area contributed by atoms with E-state index in [1.54, 1.807) is 19.1 Å². The first kappa shape index (κ1) is 10.1. The van der Waals surface area contributed by atoms with Gasteiger partial charge >= 0.3 is 0 Å². The number of nitrogens with zero attached hydrogens (tertiary/aromatic N) is 1. The average Bonchev–Trinajstić information content (AvgIpc) is 3.10. The van der Waals surface area contributed by atoms with Gasteiger partial charge in [0.25, 0.3) is 0 Å². The number of rotatable bonds is 1. The Kier molecular flexibility index (Phi) is 1.90. The standard InChI is InChI=1S/C13H11NO3/c1-7-11(14-5-6-14)13(17)10-8(12(7)16)3-2-4-9(10)15/h2-4,15H,5-6H2,1H3. The Morgan fingerprint density at radius 2 is 1.88 bits per heavy atom. The number of phenols is 1. The van der Waals surface area contributed by atoms with Crippen LogP contribution >= 0.6 is 0 Å². The molecule has 0 saturated carbocycles. The maximum Gasteiger partial charge on any atom is 0.213 e. The van der Waals surface area contributed by atoms with Crippen molar-refractivity contribution in [2.75, 3.05) is 13.1 Å². The molecule has 1 aliphatic heterocycles. The number of carbonyl (C=O) groups excluding carboxylic acids is 2. The topological polar surface area (TPSA) is 57.4 Å². The highest BCUT2D eigenvalue weighted by atomic mass is 16.3. The molecule has 1 aromatic rings. The van der Waals surface area contributed by atoms with Crippen molar-refractivity contribution in [1.82, 2.24) is 4.90 Å². The van der Waals surface area contributed by atoms with Gasteiger partial charge in [0, 0.05) is 24.2 Å². The van der Waals surface area contributed by atoms with Gasteiger partial charge in [0.05, 0.1) is 11.3 Å². The SMILES string of the molecule is CC1=C(N2CC2)C(=O)c2c(O)cccc2C1=O. The first-order chi connectivity index (χ1) is 8.11. The van der Waals surface area contributed by atoms with Crippen molar-refractivity contribution in [2.24, 2.45) is 0 Å². The van der Waals surface area contributed by atoms with Crippen LogP contribution in [0.3, 0.4) is 0 Å². The van der Waals surface area contributed by atoms with E-state index in [9.17, 15) is 14.7 Å². The van der Waals surface area contributed by atoms with Gasteiger partial charge in [0.2, 0.25) is 5.78 Å². The van der Waals surface area contributed by atoms with Crippen LogP contribution in [-0.4, -0.2) is 34.7 Å². The molecule has 4 heteroatoms. The van der Waals surface area contributed by atoms with Crippen molar-refractivity contribution < 1.29 is 14.7 Å². The Balaban J connectivity index is 2.25. The van der Waals surface area contributed by atoms with Gasteiger partial charge < -0.3 is 10.0 Å². The second-order valence-electron chi connectivity index (χ2n) is 4.32.